The summed E-state index contributed by atoms with van der Waals surface area (Å²) >= 11 is 0. The normalized spacial score (nSPS) is 13.8. The van der Waals surface area contributed by atoms with Crippen LogP contribution in [-0.2, 0) is 14.8 Å². The first-order chi connectivity index (χ1) is 10.1. The Morgan fingerprint density at radius 3 is 2.41 bits per heavy atom. The summed E-state index contributed by atoms with van der Waals surface area (Å²) in [6, 6.07) is 4.90. The summed E-state index contributed by atoms with van der Waals surface area (Å²) in [6.07, 6.45) is 0. The molecule has 124 valence electrons. The fourth-order valence-corrected chi connectivity index (χ4v) is 3.77. The molecule has 0 aliphatic heterocycles. The lowest BCUT2D eigenvalue weighted by Crippen LogP contribution is -2.53. The number of likely N-dealkylation sites (N-methyl/N-ethyl adjacent to an activating group) is 1. The monoisotopic (exact) mass is 330 g/mol. The SMILES string of the molecule is COc1cccc(S(=O)(=O)N(C)[C@@H](C(=O)NO)C(C)(C)C)c1. The zero-order valence-corrected chi connectivity index (χ0v) is 14.1. The molecule has 1 rings (SSSR count). The number of nitrogens with one attached hydrogen (secondary N) is 1. The van der Waals surface area contributed by atoms with Crippen LogP contribution in [0.3, 0.4) is 0 Å². The molecule has 0 aliphatic carbocycles. The van der Waals surface area contributed by atoms with Crippen LogP contribution in [0, 0.1) is 5.41 Å². The minimum Gasteiger partial charge on any atom is -0.497 e. The van der Waals surface area contributed by atoms with Gasteiger partial charge in [0.1, 0.15) is 11.8 Å². The fraction of sp³-hybridized carbons (Fsp3) is 0.500. The molecule has 1 aromatic rings. The lowest BCUT2D eigenvalue weighted by molar-refractivity contribution is -0.136. The third-order valence-electron chi connectivity index (χ3n) is 3.26. The van der Waals surface area contributed by atoms with E-state index >= 15 is 0 Å². The van der Waals surface area contributed by atoms with E-state index in [1.54, 1.807) is 32.9 Å². The van der Waals surface area contributed by atoms with E-state index in [1.807, 2.05) is 0 Å². The van der Waals surface area contributed by atoms with Gasteiger partial charge in [-0.3, -0.25) is 10.0 Å². The Morgan fingerprint density at radius 2 is 1.95 bits per heavy atom. The topological polar surface area (TPSA) is 95.9 Å². The molecule has 0 aromatic heterocycles. The van der Waals surface area contributed by atoms with Crippen molar-refractivity contribution in [1.82, 2.24) is 9.79 Å². The molecular formula is C14H22N2O5S. The van der Waals surface area contributed by atoms with Crippen LogP contribution in [0.15, 0.2) is 29.2 Å². The van der Waals surface area contributed by atoms with Gasteiger partial charge in [-0.05, 0) is 17.5 Å². The van der Waals surface area contributed by atoms with E-state index in [9.17, 15) is 13.2 Å². The molecule has 0 bridgehead atoms. The number of rotatable bonds is 5. The van der Waals surface area contributed by atoms with Crippen LogP contribution in [0.4, 0.5) is 0 Å². The molecular weight excluding hydrogens is 308 g/mol. The molecule has 0 saturated heterocycles. The van der Waals surface area contributed by atoms with E-state index in [1.165, 1.54) is 31.8 Å². The van der Waals surface area contributed by atoms with Crippen LogP contribution in [0.2, 0.25) is 0 Å². The zero-order valence-electron chi connectivity index (χ0n) is 13.3. The molecule has 7 nitrogen and oxygen atoms in total. The molecule has 0 heterocycles. The van der Waals surface area contributed by atoms with Crippen LogP contribution in [0.1, 0.15) is 20.8 Å². The highest BCUT2D eigenvalue weighted by atomic mass is 32.2. The van der Waals surface area contributed by atoms with Crippen molar-refractivity contribution < 1.29 is 23.2 Å². The average molecular weight is 330 g/mol. The maximum atomic E-state index is 12.7. The highest BCUT2D eigenvalue weighted by Gasteiger charge is 2.40. The molecule has 1 amide bonds. The molecule has 22 heavy (non-hydrogen) atoms. The van der Waals surface area contributed by atoms with Crippen molar-refractivity contribution >= 4 is 15.9 Å². The summed E-state index contributed by atoms with van der Waals surface area (Å²) in [7, 11) is -1.19. The van der Waals surface area contributed by atoms with Crippen molar-refractivity contribution in [2.24, 2.45) is 5.41 Å². The summed E-state index contributed by atoms with van der Waals surface area (Å²) < 4.78 is 31.4. The number of carbonyl (C=O) groups is 1. The van der Waals surface area contributed by atoms with Crippen molar-refractivity contribution in [2.75, 3.05) is 14.2 Å². The molecule has 0 aliphatic rings. The smallest absolute Gasteiger partial charge is 0.262 e. The van der Waals surface area contributed by atoms with Gasteiger partial charge in [-0.25, -0.2) is 13.9 Å². The van der Waals surface area contributed by atoms with Gasteiger partial charge in [0.25, 0.3) is 5.91 Å². The van der Waals surface area contributed by atoms with Gasteiger partial charge in [0.15, 0.2) is 0 Å². The van der Waals surface area contributed by atoms with Crippen LogP contribution < -0.4 is 10.2 Å². The summed E-state index contributed by atoms with van der Waals surface area (Å²) in [5, 5.41) is 8.89. The van der Waals surface area contributed by atoms with Gasteiger partial charge in [-0.1, -0.05) is 26.8 Å². The number of methoxy groups -OCH3 is 1. The Kier molecular flexibility index (Phi) is 5.55. The molecule has 0 spiro atoms. The number of nitrogens with zero attached hydrogens (tertiary/aromatic N) is 1. The standard InChI is InChI=1S/C14H22N2O5S/c1-14(2,3)12(13(17)15-18)16(4)22(19,20)11-8-6-7-10(9-11)21-5/h6-9,12,18H,1-5H3,(H,15,17)/t12-/m0/s1. The second kappa shape index (κ2) is 6.64. The van der Waals surface area contributed by atoms with Crippen molar-refractivity contribution in [1.29, 1.82) is 0 Å². The van der Waals surface area contributed by atoms with E-state index in [4.69, 9.17) is 9.94 Å². The first-order valence-corrected chi connectivity index (χ1v) is 8.05. The fourth-order valence-electron chi connectivity index (χ4n) is 2.23. The second-order valence-corrected chi connectivity index (χ2v) is 7.94. The molecule has 1 atom stereocenters. The van der Waals surface area contributed by atoms with E-state index in [0.29, 0.717) is 5.75 Å². The number of carbonyl (C=O) groups excluding carboxylic acids is 1. The van der Waals surface area contributed by atoms with Crippen molar-refractivity contribution in [3.63, 3.8) is 0 Å². The highest BCUT2D eigenvalue weighted by Crippen LogP contribution is 2.29. The predicted molar refractivity (Wildman–Crippen MR) is 81.1 cm³/mol. The quantitative estimate of drug-likeness (QED) is 0.625. The van der Waals surface area contributed by atoms with Crippen molar-refractivity contribution in [3.8, 4) is 5.75 Å². The van der Waals surface area contributed by atoms with E-state index < -0.39 is 27.4 Å². The van der Waals surface area contributed by atoms with Crippen LogP contribution in [0.5, 0.6) is 5.75 Å². The number of amides is 1. The van der Waals surface area contributed by atoms with E-state index in [2.05, 4.69) is 0 Å². The number of ether oxygens (including phenoxy) is 1. The lowest BCUT2D eigenvalue weighted by atomic mass is 9.86. The van der Waals surface area contributed by atoms with Gasteiger partial charge in [0, 0.05) is 13.1 Å². The van der Waals surface area contributed by atoms with Gasteiger partial charge in [0.05, 0.1) is 12.0 Å². The second-order valence-electron chi connectivity index (χ2n) is 5.94. The maximum Gasteiger partial charge on any atom is 0.262 e. The third-order valence-corrected chi connectivity index (χ3v) is 5.08. The minimum atomic E-state index is -3.93. The molecule has 0 unspecified atom stereocenters. The first kappa shape index (κ1) is 18.4. The number of benzene rings is 1. The van der Waals surface area contributed by atoms with E-state index in [0.717, 1.165) is 4.31 Å². The molecule has 0 saturated carbocycles. The van der Waals surface area contributed by atoms with Gasteiger partial charge >= 0.3 is 0 Å². The van der Waals surface area contributed by atoms with Gasteiger partial charge in [-0.15, -0.1) is 0 Å². The van der Waals surface area contributed by atoms with E-state index in [-0.39, 0.29) is 4.90 Å². The molecule has 2 N–H and O–H groups in total. The van der Waals surface area contributed by atoms with Gasteiger partial charge < -0.3 is 4.74 Å². The molecule has 0 radical (unpaired) electrons. The third kappa shape index (κ3) is 3.76. The number of hydrogen-bond donors (Lipinski definition) is 2. The van der Waals surface area contributed by atoms with Crippen LogP contribution >= 0.6 is 0 Å². The minimum absolute atomic E-state index is 0.00865. The van der Waals surface area contributed by atoms with Crippen LogP contribution in [0.25, 0.3) is 0 Å². The van der Waals surface area contributed by atoms with Crippen molar-refractivity contribution in [3.05, 3.63) is 24.3 Å². The number of sulfonamides is 1. The number of hydrogen-bond acceptors (Lipinski definition) is 5. The molecule has 1 aromatic carbocycles. The maximum absolute atomic E-state index is 12.7. The molecule has 8 heteroatoms. The largest absolute Gasteiger partial charge is 0.497 e. The summed E-state index contributed by atoms with van der Waals surface area (Å²) in [5.74, 6) is -0.394. The Hall–Kier alpha value is -1.64. The zero-order chi connectivity index (χ0) is 17.1. The number of hydroxylamine groups is 1. The summed E-state index contributed by atoms with van der Waals surface area (Å²) in [6.45, 7) is 5.14. The Labute approximate surface area is 130 Å². The highest BCUT2D eigenvalue weighted by molar-refractivity contribution is 7.89. The lowest BCUT2D eigenvalue weighted by Gasteiger charge is -2.35. The van der Waals surface area contributed by atoms with Gasteiger partial charge in [0.2, 0.25) is 10.0 Å². The average Bonchev–Trinajstić information content (AvgIpc) is 2.45. The molecule has 0 fully saturated rings. The van der Waals surface area contributed by atoms with Gasteiger partial charge in [-0.2, -0.15) is 4.31 Å². The first-order valence-electron chi connectivity index (χ1n) is 6.61. The predicted octanol–water partition coefficient (Wildman–Crippen LogP) is 1.24. The summed E-state index contributed by atoms with van der Waals surface area (Å²) in [5.41, 5.74) is 0.814. The Morgan fingerprint density at radius 1 is 1.36 bits per heavy atom. The summed E-state index contributed by atoms with van der Waals surface area (Å²) in [4.78, 5) is 11.9. The van der Waals surface area contributed by atoms with Crippen molar-refractivity contribution in [2.45, 2.75) is 31.7 Å². The Balaban J connectivity index is 3.32. The Bertz CT molecular complexity index is 637. The van der Waals surface area contributed by atoms with Crippen LogP contribution in [-0.4, -0.2) is 44.0 Å².